The zero-order chi connectivity index (χ0) is 24.9. The van der Waals surface area contributed by atoms with Gasteiger partial charge in [0.05, 0.1) is 36.6 Å². The summed E-state index contributed by atoms with van der Waals surface area (Å²) in [6, 6.07) is 0. The maximum Gasteiger partial charge on any atom is 0.305 e. The number of aliphatic hydroxyl groups excluding tert-OH is 4. The molecule has 192 valence electrons. The van der Waals surface area contributed by atoms with Crippen LogP contribution in [0.25, 0.3) is 0 Å². The highest BCUT2D eigenvalue weighted by Gasteiger charge is 2.39. The first kappa shape index (κ1) is 29.7. The summed E-state index contributed by atoms with van der Waals surface area (Å²) in [5.41, 5.74) is 3.41. The molecular formula is C25H45NO7. The molecule has 7 N–H and O–H groups in total. The van der Waals surface area contributed by atoms with E-state index in [1.54, 1.807) is 13.0 Å². The zero-order valence-corrected chi connectivity index (χ0v) is 20.2. The monoisotopic (exact) mass is 471 g/mol. The Bertz CT molecular complexity index is 616. The number of rotatable bonds is 16. The lowest BCUT2D eigenvalue weighted by atomic mass is 9.88. The van der Waals surface area contributed by atoms with E-state index in [4.69, 9.17) is 20.7 Å². The highest BCUT2D eigenvalue weighted by molar-refractivity contribution is 5.69. The molecule has 0 radical (unpaired) electrons. The molecule has 0 saturated heterocycles. The minimum Gasteiger partial charge on any atom is -0.464 e. The molecule has 1 aliphatic carbocycles. The van der Waals surface area contributed by atoms with Gasteiger partial charge < -0.3 is 36.0 Å². The average Bonchev–Trinajstić information content (AvgIpc) is 3.05. The minimum atomic E-state index is -1.32. The molecular weight excluding hydrogens is 426 g/mol. The van der Waals surface area contributed by atoms with Crippen LogP contribution >= 0.6 is 0 Å². The molecule has 1 rings (SSSR count). The summed E-state index contributed by atoms with van der Waals surface area (Å²) in [6.45, 7) is 2.70. The first-order valence-electron chi connectivity index (χ1n) is 12.2. The summed E-state index contributed by atoms with van der Waals surface area (Å²) in [7, 11) is 0. The van der Waals surface area contributed by atoms with Crippen molar-refractivity contribution in [2.45, 2.75) is 95.0 Å². The normalized spacial score (nSPS) is 25.7. The summed E-state index contributed by atoms with van der Waals surface area (Å²) in [6.07, 6.45) is 12.4. The Morgan fingerprint density at radius 2 is 1.82 bits per heavy atom. The summed E-state index contributed by atoms with van der Waals surface area (Å²) in [5.74, 6) is -0.781. The Morgan fingerprint density at radius 3 is 2.45 bits per heavy atom. The Balaban J connectivity index is 2.44. The van der Waals surface area contributed by atoms with Crippen LogP contribution in [0, 0.1) is 11.8 Å². The van der Waals surface area contributed by atoms with Crippen LogP contribution in [0.4, 0.5) is 0 Å². The van der Waals surface area contributed by atoms with Crippen molar-refractivity contribution >= 4 is 5.97 Å². The Hall–Kier alpha value is -1.29. The number of allylic oxidation sites excluding steroid dienone is 2. The van der Waals surface area contributed by atoms with Gasteiger partial charge in [-0.15, -0.1) is 0 Å². The van der Waals surface area contributed by atoms with Gasteiger partial charge >= 0.3 is 5.97 Å². The quantitative estimate of drug-likeness (QED) is 0.113. The fraction of sp³-hybridized carbons (Fsp3) is 0.800. The fourth-order valence-electron chi connectivity index (χ4n) is 4.01. The third-order valence-corrected chi connectivity index (χ3v) is 6.36. The van der Waals surface area contributed by atoms with E-state index in [1.165, 1.54) is 0 Å². The van der Waals surface area contributed by atoms with Gasteiger partial charge in [-0.25, -0.2) is 0 Å². The number of hydrogen-bond acceptors (Lipinski definition) is 8. The molecule has 0 bridgehead atoms. The molecule has 0 aromatic heterocycles. The molecule has 8 nitrogen and oxygen atoms in total. The Labute approximate surface area is 198 Å². The number of esters is 1. The SMILES string of the molecule is CCCCC[C@](C)(O)/C=C/[C@@H]1[C@@H](C/C=C\CCCC(=O)OCC(N)(CO)CO)[C@@H](O)C[C@H]1O. The van der Waals surface area contributed by atoms with Crippen molar-refractivity contribution in [2.24, 2.45) is 17.6 Å². The summed E-state index contributed by atoms with van der Waals surface area (Å²) in [4.78, 5) is 11.8. The molecule has 1 aliphatic rings. The van der Waals surface area contributed by atoms with Crippen molar-refractivity contribution in [3.05, 3.63) is 24.3 Å². The molecule has 0 amide bonds. The number of unbranched alkanes of at least 4 members (excludes halogenated alkanes) is 3. The van der Waals surface area contributed by atoms with E-state index < -0.39 is 42.5 Å². The van der Waals surface area contributed by atoms with E-state index in [0.29, 0.717) is 32.1 Å². The third-order valence-electron chi connectivity index (χ3n) is 6.36. The average molecular weight is 472 g/mol. The van der Waals surface area contributed by atoms with E-state index in [9.17, 15) is 20.1 Å². The molecule has 33 heavy (non-hydrogen) atoms. The first-order chi connectivity index (χ1) is 15.6. The predicted octanol–water partition coefficient (Wildman–Crippen LogP) is 1.57. The second-order valence-corrected chi connectivity index (χ2v) is 9.72. The third kappa shape index (κ3) is 11.1. The minimum absolute atomic E-state index is 0.126. The lowest BCUT2D eigenvalue weighted by molar-refractivity contribution is -0.146. The number of carbonyl (C=O) groups excluding carboxylic acids is 1. The molecule has 0 unspecified atom stereocenters. The van der Waals surface area contributed by atoms with Gasteiger partial charge in [0.15, 0.2) is 0 Å². The van der Waals surface area contributed by atoms with Crippen LogP contribution in [0.15, 0.2) is 24.3 Å². The van der Waals surface area contributed by atoms with Crippen molar-refractivity contribution in [1.29, 1.82) is 0 Å². The Kier molecular flexibility index (Phi) is 13.4. The van der Waals surface area contributed by atoms with Crippen molar-refractivity contribution in [3.63, 3.8) is 0 Å². The van der Waals surface area contributed by atoms with Crippen molar-refractivity contribution in [1.82, 2.24) is 0 Å². The van der Waals surface area contributed by atoms with Crippen LogP contribution < -0.4 is 5.73 Å². The molecule has 1 saturated carbocycles. The van der Waals surface area contributed by atoms with E-state index in [1.807, 2.05) is 18.2 Å². The van der Waals surface area contributed by atoms with Crippen molar-refractivity contribution < 1.29 is 35.1 Å². The van der Waals surface area contributed by atoms with Gasteiger partial charge in [-0.05, 0) is 38.5 Å². The van der Waals surface area contributed by atoms with Gasteiger partial charge in [0, 0.05) is 18.8 Å². The largest absolute Gasteiger partial charge is 0.464 e. The van der Waals surface area contributed by atoms with Crippen molar-refractivity contribution in [2.75, 3.05) is 19.8 Å². The number of nitrogens with two attached hydrogens (primary N) is 1. The second kappa shape index (κ2) is 14.9. The van der Waals surface area contributed by atoms with E-state index in [0.717, 1.165) is 19.3 Å². The second-order valence-electron chi connectivity index (χ2n) is 9.72. The molecule has 0 aromatic carbocycles. The van der Waals surface area contributed by atoms with Gasteiger partial charge in [0.2, 0.25) is 0 Å². The van der Waals surface area contributed by atoms with Crippen LogP contribution in [0.2, 0.25) is 0 Å². The van der Waals surface area contributed by atoms with E-state index in [2.05, 4.69) is 6.92 Å². The highest BCUT2D eigenvalue weighted by atomic mass is 16.5. The van der Waals surface area contributed by atoms with Gasteiger partial charge in [-0.3, -0.25) is 4.79 Å². The molecule has 0 spiro atoms. The highest BCUT2D eigenvalue weighted by Crippen LogP contribution is 2.37. The van der Waals surface area contributed by atoms with Gasteiger partial charge in [0.1, 0.15) is 6.61 Å². The number of ether oxygens (including phenoxy) is 1. The molecule has 5 atom stereocenters. The standard InChI is InChI=1S/C25H45NO7/c1-3-4-9-13-24(2,32)14-12-20-19(21(29)15-22(20)30)10-7-5-6-8-11-23(31)33-18-25(26,16-27)17-28/h5,7,12,14,19-22,27-30,32H,3-4,6,8-11,13,15-18,26H2,1-2H3/b7-5-,14-12+/t19-,20-,21+,22-,24+/m1/s1. The summed E-state index contributed by atoms with van der Waals surface area (Å²) >= 11 is 0. The zero-order valence-electron chi connectivity index (χ0n) is 20.2. The lowest BCUT2D eigenvalue weighted by Gasteiger charge is -2.23. The number of hydrogen-bond donors (Lipinski definition) is 6. The van der Waals surface area contributed by atoms with Crippen molar-refractivity contribution in [3.8, 4) is 0 Å². The predicted molar refractivity (Wildman–Crippen MR) is 127 cm³/mol. The van der Waals surface area contributed by atoms with Gasteiger partial charge in [-0.1, -0.05) is 50.5 Å². The van der Waals surface area contributed by atoms with E-state index >= 15 is 0 Å². The smallest absolute Gasteiger partial charge is 0.305 e. The number of carbonyl (C=O) groups is 1. The van der Waals surface area contributed by atoms with Crippen LogP contribution in [0.5, 0.6) is 0 Å². The van der Waals surface area contributed by atoms with Crippen LogP contribution in [-0.4, -0.2) is 74.7 Å². The molecule has 0 heterocycles. The van der Waals surface area contributed by atoms with Gasteiger partial charge in [-0.2, -0.15) is 0 Å². The topological polar surface area (TPSA) is 153 Å². The molecule has 0 aromatic rings. The number of aliphatic hydroxyl groups is 5. The first-order valence-corrected chi connectivity index (χ1v) is 12.2. The Morgan fingerprint density at radius 1 is 1.12 bits per heavy atom. The summed E-state index contributed by atoms with van der Waals surface area (Å²) < 4.78 is 5.00. The van der Waals surface area contributed by atoms with E-state index in [-0.39, 0.29) is 24.9 Å². The van der Waals surface area contributed by atoms with Gasteiger partial charge in [0.25, 0.3) is 0 Å². The maximum atomic E-state index is 11.8. The molecule has 1 fully saturated rings. The lowest BCUT2D eigenvalue weighted by Crippen LogP contribution is -2.51. The van der Waals surface area contributed by atoms with Crippen LogP contribution in [0.3, 0.4) is 0 Å². The van der Waals surface area contributed by atoms with Crippen LogP contribution in [-0.2, 0) is 9.53 Å². The fourth-order valence-corrected chi connectivity index (χ4v) is 4.01. The van der Waals surface area contributed by atoms with Crippen LogP contribution in [0.1, 0.15) is 71.6 Å². The molecule has 8 heteroatoms. The maximum absolute atomic E-state index is 11.8. The molecule has 0 aliphatic heterocycles. The summed E-state index contributed by atoms with van der Waals surface area (Å²) in [5, 5.41) is 49.5.